The van der Waals surface area contributed by atoms with Crippen LogP contribution in [0.1, 0.15) is 38.0 Å². The second-order valence-corrected chi connectivity index (χ2v) is 11.8. The van der Waals surface area contributed by atoms with Gasteiger partial charge in [-0.15, -0.1) is 4.80 Å². The van der Waals surface area contributed by atoms with Crippen LogP contribution in [0.4, 0.5) is 4.39 Å². The Kier molecular flexibility index (Phi) is 8.36. The number of carbonyl (C=O) groups is 1. The van der Waals surface area contributed by atoms with Gasteiger partial charge >= 0.3 is 5.69 Å². The first-order valence-corrected chi connectivity index (χ1v) is 14.5. The highest BCUT2D eigenvalue weighted by Gasteiger charge is 2.39. The molecule has 14 heteroatoms. The number of hydrogen-bond donors (Lipinski definition) is 1. The maximum absolute atomic E-state index is 14.5. The van der Waals surface area contributed by atoms with Crippen molar-refractivity contribution in [1.29, 1.82) is 0 Å². The number of aryl methyl sites for hydroxylation is 1. The Labute approximate surface area is 250 Å². The third-order valence-electron chi connectivity index (χ3n) is 7.40. The summed E-state index contributed by atoms with van der Waals surface area (Å²) in [6.07, 6.45) is 4.85. The van der Waals surface area contributed by atoms with Crippen molar-refractivity contribution in [1.82, 2.24) is 29.0 Å². The van der Waals surface area contributed by atoms with Gasteiger partial charge in [0, 0.05) is 24.2 Å². The van der Waals surface area contributed by atoms with E-state index in [0.717, 1.165) is 15.9 Å². The molecule has 3 aromatic heterocycles. The first-order valence-electron chi connectivity index (χ1n) is 13.7. The van der Waals surface area contributed by atoms with Crippen molar-refractivity contribution < 1.29 is 23.8 Å². The zero-order valence-corrected chi connectivity index (χ0v) is 25.3. The van der Waals surface area contributed by atoms with Gasteiger partial charge in [-0.3, -0.25) is 14.2 Å². The smallest absolute Gasteiger partial charge is 0.333 e. The van der Waals surface area contributed by atoms with E-state index in [-0.39, 0.29) is 18.5 Å². The third-order valence-corrected chi connectivity index (χ3v) is 8.68. The molecule has 1 unspecified atom stereocenters. The van der Waals surface area contributed by atoms with E-state index in [9.17, 15) is 23.9 Å². The fourth-order valence-corrected chi connectivity index (χ4v) is 6.46. The first-order chi connectivity index (χ1) is 20.4. The molecule has 228 valence electrons. The number of ether oxygens (including phenoxy) is 2. The topological polar surface area (TPSA) is 134 Å². The molecule has 0 spiro atoms. The largest absolute Gasteiger partial charge is 0.496 e. The fraction of sp³-hybridized carbons (Fsp3) is 0.414. The number of benzene rings is 1. The summed E-state index contributed by atoms with van der Waals surface area (Å²) < 4.78 is 28.3. The van der Waals surface area contributed by atoms with E-state index in [0.29, 0.717) is 39.8 Å². The van der Waals surface area contributed by atoms with Gasteiger partial charge in [0.25, 0.3) is 5.56 Å². The van der Waals surface area contributed by atoms with Gasteiger partial charge in [0.1, 0.15) is 33.0 Å². The second kappa shape index (κ2) is 11.9. The highest BCUT2D eigenvalue weighted by molar-refractivity contribution is 7.21. The molecule has 4 aromatic rings. The Bertz CT molecular complexity index is 1800. The van der Waals surface area contributed by atoms with Crippen molar-refractivity contribution in [3.63, 3.8) is 0 Å². The molecular weight excluding hydrogens is 579 g/mol. The van der Waals surface area contributed by atoms with Crippen LogP contribution in [0.15, 0.2) is 52.3 Å². The van der Waals surface area contributed by atoms with Crippen LogP contribution in [0.2, 0.25) is 0 Å². The molecule has 5 rings (SSSR count). The predicted octanol–water partition coefficient (Wildman–Crippen LogP) is 2.53. The van der Waals surface area contributed by atoms with Crippen LogP contribution in [0.3, 0.4) is 0 Å². The van der Waals surface area contributed by atoms with Crippen LogP contribution in [0, 0.1) is 12.7 Å². The molecule has 0 radical (unpaired) electrons. The van der Waals surface area contributed by atoms with Crippen LogP contribution in [-0.2, 0) is 21.6 Å². The van der Waals surface area contributed by atoms with Gasteiger partial charge in [-0.05, 0) is 45.9 Å². The standard InChI is InChI=1S/C29H33FN6O6S/c1-17(37)16-42-22(20-14-19(30)8-9-21(20)41-5)15-34-26-23(18(2)25(43-26)36-31-10-11-32-36)24(38)35(28(34)40)29(3,4)27(39)33-12-6-7-13-33/h6-11,14,17,22,37H,12-13,15-16H2,1-5H3/t17?,22-/m0/s1. The molecule has 0 bridgehead atoms. The lowest BCUT2D eigenvalue weighted by atomic mass is 10.0. The van der Waals surface area contributed by atoms with E-state index in [4.69, 9.17) is 9.47 Å². The SMILES string of the molecule is COc1ccc(F)cc1[C@H](Cn1c(=O)n(C(C)(C)C(=O)N2CC=CC2)c(=O)c2c(C)c(-n3nccn3)sc21)OCC(C)O. The zero-order valence-electron chi connectivity index (χ0n) is 24.5. The lowest BCUT2D eigenvalue weighted by molar-refractivity contribution is -0.138. The summed E-state index contributed by atoms with van der Waals surface area (Å²) >= 11 is 1.14. The molecule has 4 heterocycles. The molecule has 0 saturated carbocycles. The summed E-state index contributed by atoms with van der Waals surface area (Å²) in [5.74, 6) is -0.623. The van der Waals surface area contributed by atoms with Gasteiger partial charge in [-0.1, -0.05) is 23.5 Å². The second-order valence-electron chi connectivity index (χ2n) is 10.9. The summed E-state index contributed by atoms with van der Waals surface area (Å²) in [5.41, 5.74) is -2.09. The van der Waals surface area contributed by atoms with Crippen LogP contribution in [-0.4, -0.2) is 73.0 Å². The van der Waals surface area contributed by atoms with Crippen molar-refractivity contribution in [2.75, 3.05) is 26.8 Å². The summed E-state index contributed by atoms with van der Waals surface area (Å²) in [4.78, 5) is 45.5. The number of hydrogen-bond acceptors (Lipinski definition) is 9. The molecule has 0 fully saturated rings. The highest BCUT2D eigenvalue weighted by atomic mass is 32.1. The number of rotatable bonds is 10. The molecule has 43 heavy (non-hydrogen) atoms. The summed E-state index contributed by atoms with van der Waals surface area (Å²) in [7, 11) is 1.43. The molecule has 0 aliphatic carbocycles. The third kappa shape index (κ3) is 5.53. The number of aromatic nitrogens is 5. The molecule has 0 saturated heterocycles. The maximum atomic E-state index is 14.5. The Morgan fingerprint density at radius 3 is 2.49 bits per heavy atom. The van der Waals surface area contributed by atoms with E-state index in [1.54, 1.807) is 25.7 Å². The van der Waals surface area contributed by atoms with E-state index in [2.05, 4.69) is 10.2 Å². The molecule has 1 N–H and O–H groups in total. The Morgan fingerprint density at radius 2 is 1.86 bits per heavy atom. The van der Waals surface area contributed by atoms with E-state index >= 15 is 0 Å². The van der Waals surface area contributed by atoms with Gasteiger partial charge in [0.2, 0.25) is 5.91 Å². The average molecular weight is 613 g/mol. The van der Waals surface area contributed by atoms with Gasteiger partial charge in [0.05, 0.1) is 44.1 Å². The van der Waals surface area contributed by atoms with Crippen molar-refractivity contribution in [2.24, 2.45) is 0 Å². The van der Waals surface area contributed by atoms with Gasteiger partial charge in [-0.25, -0.2) is 13.8 Å². The van der Waals surface area contributed by atoms with E-state index in [1.165, 1.54) is 54.0 Å². The molecule has 1 aromatic carbocycles. The molecular formula is C29H33FN6O6S. The van der Waals surface area contributed by atoms with Crippen molar-refractivity contribution in [3.8, 4) is 10.8 Å². The Balaban J connectivity index is 1.77. The highest BCUT2D eigenvalue weighted by Crippen LogP contribution is 2.34. The minimum Gasteiger partial charge on any atom is -0.496 e. The molecule has 1 aliphatic heterocycles. The number of thiophene rings is 1. The van der Waals surface area contributed by atoms with Crippen molar-refractivity contribution in [3.05, 3.63) is 80.5 Å². The maximum Gasteiger partial charge on any atom is 0.333 e. The molecule has 12 nitrogen and oxygen atoms in total. The van der Waals surface area contributed by atoms with E-state index in [1.807, 2.05) is 12.2 Å². The zero-order chi connectivity index (χ0) is 31.1. The molecule has 1 aliphatic rings. The number of carbonyl (C=O) groups excluding carboxylic acids is 1. The monoisotopic (exact) mass is 612 g/mol. The van der Waals surface area contributed by atoms with Crippen LogP contribution < -0.4 is 16.0 Å². The lowest BCUT2D eigenvalue weighted by Crippen LogP contribution is -2.56. The number of methoxy groups -OCH3 is 1. The quantitative estimate of drug-likeness (QED) is 0.270. The Morgan fingerprint density at radius 1 is 1.19 bits per heavy atom. The van der Waals surface area contributed by atoms with Crippen molar-refractivity contribution >= 4 is 27.5 Å². The normalized spacial score (nSPS) is 14.9. The minimum absolute atomic E-state index is 0.125. The van der Waals surface area contributed by atoms with E-state index < -0.39 is 40.7 Å². The lowest BCUT2D eigenvalue weighted by Gasteiger charge is -2.31. The molecule has 2 atom stereocenters. The molecule has 1 amide bonds. The number of halogens is 1. The van der Waals surface area contributed by atoms with Crippen LogP contribution in [0.25, 0.3) is 15.2 Å². The average Bonchev–Trinajstić information content (AvgIpc) is 3.74. The predicted molar refractivity (Wildman–Crippen MR) is 158 cm³/mol. The number of aliphatic hydroxyl groups is 1. The minimum atomic E-state index is -1.55. The van der Waals surface area contributed by atoms with Crippen LogP contribution >= 0.6 is 11.3 Å². The number of nitrogens with zero attached hydrogens (tertiary/aromatic N) is 6. The summed E-state index contributed by atoms with van der Waals surface area (Å²) in [6.45, 7) is 6.78. The summed E-state index contributed by atoms with van der Waals surface area (Å²) in [6, 6.07) is 3.94. The van der Waals surface area contributed by atoms with Gasteiger partial charge < -0.3 is 19.5 Å². The summed E-state index contributed by atoms with van der Waals surface area (Å²) in [5, 5.41) is 19.2. The number of aliphatic hydroxyl groups excluding tert-OH is 1. The van der Waals surface area contributed by atoms with Crippen molar-refractivity contribution in [2.45, 2.75) is 52.0 Å². The van der Waals surface area contributed by atoms with Crippen LogP contribution in [0.5, 0.6) is 5.75 Å². The van der Waals surface area contributed by atoms with Gasteiger partial charge in [0.15, 0.2) is 0 Å². The number of fused-ring (bicyclic) bond motifs is 1. The first kappa shape index (κ1) is 30.3. The Hall–Kier alpha value is -4.14. The number of amides is 1. The van der Waals surface area contributed by atoms with Gasteiger partial charge in [-0.2, -0.15) is 10.2 Å². The fourth-order valence-electron chi connectivity index (χ4n) is 5.25.